The van der Waals surface area contributed by atoms with Crippen LogP contribution < -0.4 is 10.4 Å². The van der Waals surface area contributed by atoms with E-state index in [1.54, 1.807) is 0 Å². The maximum atomic E-state index is 12.1. The highest BCUT2D eigenvalue weighted by Crippen LogP contribution is 2.31. The van der Waals surface area contributed by atoms with Crippen molar-refractivity contribution in [2.45, 2.75) is 0 Å². The number of benzene rings is 2. The number of nitro groups is 2. The molecule has 2 aromatic carbocycles. The Morgan fingerprint density at radius 1 is 1.04 bits per heavy atom. The average molecular weight is 337 g/mol. The molecule has 0 heterocycles. The van der Waals surface area contributed by atoms with Crippen LogP contribution in [0.1, 0.15) is 10.4 Å². The number of carbonyl (C=O) groups excluding carboxylic acids is 1. The molecule has 0 fully saturated rings. The Kier molecular flexibility index (Phi) is 4.42. The molecule has 2 rings (SSSR count). The van der Waals surface area contributed by atoms with E-state index in [4.69, 9.17) is 11.6 Å². The summed E-state index contributed by atoms with van der Waals surface area (Å²) in [5.74, 6) is -1.98. The van der Waals surface area contributed by atoms with Crippen molar-refractivity contribution in [3.8, 4) is 5.75 Å². The van der Waals surface area contributed by atoms with Crippen molar-refractivity contribution in [1.29, 1.82) is 0 Å². The first-order valence-corrected chi connectivity index (χ1v) is 6.38. The van der Waals surface area contributed by atoms with Crippen molar-refractivity contribution in [2.75, 3.05) is 5.32 Å². The molecular weight excluding hydrogens is 330 g/mol. The third-order valence-electron chi connectivity index (χ3n) is 2.81. The second kappa shape index (κ2) is 6.28. The number of amides is 1. The van der Waals surface area contributed by atoms with Crippen LogP contribution in [0, 0.1) is 20.2 Å². The van der Waals surface area contributed by atoms with E-state index in [0.29, 0.717) is 0 Å². The lowest BCUT2D eigenvalue weighted by molar-refractivity contribution is -0.398. The van der Waals surface area contributed by atoms with Gasteiger partial charge in [0.25, 0.3) is 17.3 Å². The van der Waals surface area contributed by atoms with Crippen molar-refractivity contribution < 1.29 is 19.7 Å². The van der Waals surface area contributed by atoms with Gasteiger partial charge in [0, 0.05) is 34.5 Å². The molecule has 1 N–H and O–H groups in total. The Labute approximate surface area is 133 Å². The molecule has 10 heteroatoms. The van der Waals surface area contributed by atoms with Gasteiger partial charge in [-0.05, 0) is 23.9 Å². The van der Waals surface area contributed by atoms with Gasteiger partial charge < -0.3 is 10.4 Å². The molecule has 0 aromatic heterocycles. The van der Waals surface area contributed by atoms with E-state index in [1.807, 2.05) is 0 Å². The van der Waals surface area contributed by atoms with Crippen molar-refractivity contribution in [1.82, 2.24) is 0 Å². The van der Waals surface area contributed by atoms with Gasteiger partial charge in [0.15, 0.2) is 0 Å². The highest BCUT2D eigenvalue weighted by molar-refractivity contribution is 6.31. The smallest absolute Gasteiger partial charge is 0.269 e. The van der Waals surface area contributed by atoms with Crippen LogP contribution in [0.25, 0.3) is 0 Å². The van der Waals surface area contributed by atoms with Crippen molar-refractivity contribution in [3.05, 3.63) is 67.2 Å². The molecule has 0 aliphatic carbocycles. The Morgan fingerprint density at radius 2 is 1.65 bits per heavy atom. The fourth-order valence-electron chi connectivity index (χ4n) is 1.75. The zero-order chi connectivity index (χ0) is 17.1. The molecule has 9 nitrogen and oxygen atoms in total. The van der Waals surface area contributed by atoms with Crippen LogP contribution in [0.4, 0.5) is 17.1 Å². The summed E-state index contributed by atoms with van der Waals surface area (Å²) in [6, 6.07) is 6.71. The number of carbonyl (C=O) groups is 1. The van der Waals surface area contributed by atoms with Gasteiger partial charge in [-0.25, -0.2) is 0 Å². The summed E-state index contributed by atoms with van der Waals surface area (Å²) in [4.78, 5) is 31.8. The second-order valence-corrected chi connectivity index (χ2v) is 4.75. The molecule has 23 heavy (non-hydrogen) atoms. The summed E-state index contributed by atoms with van der Waals surface area (Å²) >= 11 is 5.67. The summed E-state index contributed by atoms with van der Waals surface area (Å²) in [6.07, 6.45) is 0. The largest absolute Gasteiger partial charge is 0.867 e. The summed E-state index contributed by atoms with van der Waals surface area (Å²) < 4.78 is 0. The molecule has 0 saturated carbocycles. The third-order valence-corrected chi connectivity index (χ3v) is 3.03. The lowest BCUT2D eigenvalue weighted by Gasteiger charge is -2.14. The fraction of sp³-hybridized carbons (Fsp3) is 0. The van der Waals surface area contributed by atoms with Gasteiger partial charge in [-0.2, -0.15) is 0 Å². The van der Waals surface area contributed by atoms with Crippen LogP contribution in [0.5, 0.6) is 5.75 Å². The quantitative estimate of drug-likeness (QED) is 0.672. The molecule has 1 amide bonds. The molecule has 0 radical (unpaired) electrons. The molecular formula is C13H7ClN3O6-. The van der Waals surface area contributed by atoms with Crippen LogP contribution >= 0.6 is 11.6 Å². The van der Waals surface area contributed by atoms with Gasteiger partial charge >= 0.3 is 0 Å². The number of nitro benzene ring substituents is 2. The lowest BCUT2D eigenvalue weighted by atomic mass is 10.1. The van der Waals surface area contributed by atoms with E-state index < -0.39 is 32.8 Å². The van der Waals surface area contributed by atoms with Crippen LogP contribution in [0.2, 0.25) is 5.02 Å². The minimum absolute atomic E-state index is 0.134. The van der Waals surface area contributed by atoms with Crippen LogP contribution in [0.15, 0.2) is 36.4 Å². The summed E-state index contributed by atoms with van der Waals surface area (Å²) in [6.45, 7) is 0. The number of non-ortho nitro benzene ring substituents is 1. The summed E-state index contributed by atoms with van der Waals surface area (Å²) in [5, 5.41) is 35.4. The SMILES string of the molecule is O=C(Nc1ccc([N+](=O)[O-])cc1)c1cc(Cl)cc([N+](=O)[O-])c1[O-]. The molecule has 2 aromatic rings. The van der Waals surface area contributed by atoms with E-state index >= 15 is 0 Å². The number of nitrogens with zero attached hydrogens (tertiary/aromatic N) is 2. The molecule has 0 spiro atoms. The van der Waals surface area contributed by atoms with E-state index in [0.717, 1.165) is 24.3 Å². The number of nitrogens with one attached hydrogen (secondary N) is 1. The van der Waals surface area contributed by atoms with Gasteiger partial charge in [-0.3, -0.25) is 25.0 Å². The number of hydrogen-bond donors (Lipinski definition) is 1. The molecule has 0 unspecified atom stereocenters. The first kappa shape index (κ1) is 16.2. The standard InChI is InChI=1S/C13H8ClN3O6/c14-7-5-10(12(18)11(6-7)17(22)23)13(19)15-8-1-3-9(4-2-8)16(20)21/h1-6,18H,(H,15,19)/p-1. The molecule has 118 valence electrons. The number of halogens is 1. The minimum Gasteiger partial charge on any atom is -0.867 e. The Balaban J connectivity index is 2.30. The molecule has 0 aliphatic heterocycles. The first-order valence-electron chi connectivity index (χ1n) is 6.00. The number of rotatable bonds is 4. The van der Waals surface area contributed by atoms with Gasteiger partial charge in [0.2, 0.25) is 0 Å². The van der Waals surface area contributed by atoms with E-state index in [1.165, 1.54) is 12.1 Å². The third kappa shape index (κ3) is 3.52. The van der Waals surface area contributed by atoms with Crippen LogP contribution in [-0.4, -0.2) is 15.8 Å². The fourth-order valence-corrected chi connectivity index (χ4v) is 1.96. The molecule has 0 bridgehead atoms. The predicted octanol–water partition coefficient (Wildman–Crippen LogP) is 2.48. The number of hydrogen-bond acceptors (Lipinski definition) is 6. The number of anilines is 1. The zero-order valence-electron chi connectivity index (χ0n) is 11.2. The monoisotopic (exact) mass is 336 g/mol. The normalized spacial score (nSPS) is 10.1. The second-order valence-electron chi connectivity index (χ2n) is 4.32. The van der Waals surface area contributed by atoms with Gasteiger partial charge in [-0.15, -0.1) is 0 Å². The molecule has 0 saturated heterocycles. The topological polar surface area (TPSA) is 138 Å². The summed E-state index contributed by atoms with van der Waals surface area (Å²) in [7, 11) is 0. The van der Waals surface area contributed by atoms with Crippen LogP contribution in [-0.2, 0) is 0 Å². The van der Waals surface area contributed by atoms with Crippen LogP contribution in [0.3, 0.4) is 0 Å². The zero-order valence-corrected chi connectivity index (χ0v) is 11.9. The van der Waals surface area contributed by atoms with Crippen molar-refractivity contribution in [2.24, 2.45) is 0 Å². The molecule has 0 atom stereocenters. The molecule has 0 aliphatic rings. The maximum Gasteiger partial charge on any atom is 0.269 e. The van der Waals surface area contributed by atoms with E-state index in [9.17, 15) is 30.1 Å². The maximum absolute atomic E-state index is 12.1. The minimum atomic E-state index is -1.07. The van der Waals surface area contributed by atoms with E-state index in [2.05, 4.69) is 5.32 Å². The van der Waals surface area contributed by atoms with Gasteiger partial charge in [0.1, 0.15) is 0 Å². The van der Waals surface area contributed by atoms with Gasteiger partial charge in [0.05, 0.1) is 9.85 Å². The predicted molar refractivity (Wildman–Crippen MR) is 78.6 cm³/mol. The van der Waals surface area contributed by atoms with E-state index in [-0.39, 0.29) is 16.4 Å². The Hall–Kier alpha value is -3.20. The highest BCUT2D eigenvalue weighted by Gasteiger charge is 2.17. The summed E-state index contributed by atoms with van der Waals surface area (Å²) in [5.41, 5.74) is -1.30. The lowest BCUT2D eigenvalue weighted by Crippen LogP contribution is -2.15. The van der Waals surface area contributed by atoms with Crippen molar-refractivity contribution in [3.63, 3.8) is 0 Å². The Morgan fingerprint density at radius 3 is 2.17 bits per heavy atom. The van der Waals surface area contributed by atoms with Gasteiger partial charge in [-0.1, -0.05) is 11.6 Å². The first-order chi connectivity index (χ1) is 10.8. The van der Waals surface area contributed by atoms with Crippen molar-refractivity contribution >= 4 is 34.6 Å². The highest BCUT2D eigenvalue weighted by atomic mass is 35.5. The average Bonchev–Trinajstić information content (AvgIpc) is 2.49. The Bertz CT molecular complexity index is 806.